The topological polar surface area (TPSA) is 48.1 Å². The summed E-state index contributed by atoms with van der Waals surface area (Å²) in [6, 6.07) is 11.6. The van der Waals surface area contributed by atoms with Crippen molar-refractivity contribution in [2.24, 2.45) is 0 Å². The van der Waals surface area contributed by atoms with Crippen LogP contribution in [0.3, 0.4) is 0 Å². The third-order valence-electron chi connectivity index (χ3n) is 2.79. The van der Waals surface area contributed by atoms with Crippen molar-refractivity contribution in [3.63, 3.8) is 0 Å². The predicted molar refractivity (Wildman–Crippen MR) is 78.2 cm³/mol. The van der Waals surface area contributed by atoms with Gasteiger partial charge in [-0.3, -0.25) is 4.98 Å². The lowest BCUT2D eigenvalue weighted by Gasteiger charge is -2.11. The number of ether oxygens (including phenoxy) is 1. The van der Waals surface area contributed by atoms with Gasteiger partial charge in [0.1, 0.15) is 5.75 Å². The molecule has 3 heteroatoms. The van der Waals surface area contributed by atoms with Gasteiger partial charge in [0.2, 0.25) is 0 Å². The number of rotatable bonds is 6. The Balaban J connectivity index is 1.97. The molecule has 0 aliphatic rings. The summed E-state index contributed by atoms with van der Waals surface area (Å²) in [5.41, 5.74) is 8.62. The number of hydrogen-bond acceptors (Lipinski definition) is 3. The van der Waals surface area contributed by atoms with E-state index in [1.165, 1.54) is 0 Å². The van der Waals surface area contributed by atoms with Crippen molar-refractivity contribution in [3.05, 3.63) is 66.5 Å². The number of aromatic nitrogens is 1. The molecule has 3 nitrogen and oxygen atoms in total. The molecule has 2 rings (SSSR count). The Morgan fingerprint density at radius 1 is 1.26 bits per heavy atom. The molecule has 0 unspecified atom stereocenters. The predicted octanol–water partition coefficient (Wildman–Crippen LogP) is 3.01. The number of allylic oxidation sites excluding steroid dienone is 1. The Morgan fingerprint density at radius 3 is 2.89 bits per heavy atom. The van der Waals surface area contributed by atoms with E-state index in [2.05, 4.69) is 11.6 Å². The Kier molecular flexibility index (Phi) is 4.56. The molecular weight excluding hydrogens is 236 g/mol. The summed E-state index contributed by atoms with van der Waals surface area (Å²) < 4.78 is 5.81. The Hall–Kier alpha value is -2.29. The van der Waals surface area contributed by atoms with E-state index >= 15 is 0 Å². The number of nitrogen functional groups attached to an aromatic ring is 1. The zero-order valence-corrected chi connectivity index (χ0v) is 10.9. The number of benzene rings is 1. The first-order valence-corrected chi connectivity index (χ1v) is 6.31. The van der Waals surface area contributed by atoms with Crippen molar-refractivity contribution in [1.29, 1.82) is 0 Å². The lowest BCUT2D eigenvalue weighted by molar-refractivity contribution is 0.318. The van der Waals surface area contributed by atoms with E-state index in [4.69, 9.17) is 10.5 Å². The quantitative estimate of drug-likeness (QED) is 0.636. The van der Waals surface area contributed by atoms with Crippen LogP contribution in [0.15, 0.2) is 55.3 Å². The lowest BCUT2D eigenvalue weighted by atomic mass is 10.1. The second-order valence-corrected chi connectivity index (χ2v) is 4.28. The van der Waals surface area contributed by atoms with Gasteiger partial charge in [-0.25, -0.2) is 0 Å². The van der Waals surface area contributed by atoms with Gasteiger partial charge in [-0.15, -0.1) is 6.58 Å². The highest BCUT2D eigenvalue weighted by atomic mass is 16.5. The average Bonchev–Trinajstić information content (AvgIpc) is 2.43. The van der Waals surface area contributed by atoms with E-state index in [1.54, 1.807) is 6.20 Å². The van der Waals surface area contributed by atoms with E-state index in [-0.39, 0.29) is 0 Å². The minimum absolute atomic E-state index is 0.602. The van der Waals surface area contributed by atoms with Gasteiger partial charge in [0.05, 0.1) is 6.61 Å². The van der Waals surface area contributed by atoms with Gasteiger partial charge < -0.3 is 10.5 Å². The molecule has 0 saturated heterocycles. The van der Waals surface area contributed by atoms with Gasteiger partial charge in [-0.05, 0) is 42.3 Å². The average molecular weight is 254 g/mol. The van der Waals surface area contributed by atoms with Crippen molar-refractivity contribution in [2.45, 2.75) is 12.8 Å². The van der Waals surface area contributed by atoms with E-state index in [9.17, 15) is 0 Å². The molecule has 0 fully saturated rings. The number of anilines is 1. The van der Waals surface area contributed by atoms with Crippen LogP contribution in [0.1, 0.15) is 11.3 Å². The number of hydrogen-bond donors (Lipinski definition) is 1. The van der Waals surface area contributed by atoms with Crippen LogP contribution in [-0.4, -0.2) is 11.6 Å². The molecular formula is C16H18N2O. The van der Waals surface area contributed by atoms with E-state index < -0.39 is 0 Å². The molecule has 2 aromatic rings. The van der Waals surface area contributed by atoms with E-state index in [0.717, 1.165) is 35.5 Å². The maximum absolute atomic E-state index is 5.81. The molecule has 0 bridgehead atoms. The van der Waals surface area contributed by atoms with Gasteiger partial charge in [0, 0.05) is 24.0 Å². The first-order valence-electron chi connectivity index (χ1n) is 6.31. The van der Waals surface area contributed by atoms with Crippen LogP contribution in [-0.2, 0) is 12.8 Å². The summed E-state index contributed by atoms with van der Waals surface area (Å²) in [5.74, 6) is 0.866. The molecule has 0 spiro atoms. The number of nitrogens with two attached hydrogens (primary N) is 1. The standard InChI is InChI=1S/C16H18N2O/c1-2-5-13-12-14(17)7-8-16(13)19-11-9-15-6-3-4-10-18-15/h2-4,6-8,10,12H,1,5,9,11,17H2. The molecule has 98 valence electrons. The zero-order chi connectivity index (χ0) is 13.5. The van der Waals surface area contributed by atoms with E-state index in [1.807, 2.05) is 42.5 Å². The molecule has 1 heterocycles. The highest BCUT2D eigenvalue weighted by Crippen LogP contribution is 2.22. The molecule has 2 N–H and O–H groups in total. The number of pyridine rings is 1. The van der Waals surface area contributed by atoms with Crippen molar-refractivity contribution in [1.82, 2.24) is 4.98 Å². The minimum atomic E-state index is 0.602. The third-order valence-corrected chi connectivity index (χ3v) is 2.79. The third kappa shape index (κ3) is 3.85. The van der Waals surface area contributed by atoms with Crippen molar-refractivity contribution in [2.75, 3.05) is 12.3 Å². The monoisotopic (exact) mass is 254 g/mol. The molecule has 1 aromatic carbocycles. The van der Waals surface area contributed by atoms with Crippen LogP contribution in [0.4, 0.5) is 5.69 Å². The molecule has 0 aliphatic heterocycles. The molecule has 0 radical (unpaired) electrons. The summed E-state index contributed by atoms with van der Waals surface area (Å²) in [4.78, 5) is 4.27. The first kappa shape index (κ1) is 13.1. The maximum Gasteiger partial charge on any atom is 0.122 e. The fraction of sp³-hybridized carbons (Fsp3) is 0.188. The fourth-order valence-electron chi connectivity index (χ4n) is 1.87. The molecule has 19 heavy (non-hydrogen) atoms. The molecule has 0 saturated carbocycles. The van der Waals surface area contributed by atoms with Gasteiger partial charge in [0.15, 0.2) is 0 Å². The van der Waals surface area contributed by atoms with Crippen LogP contribution in [0.25, 0.3) is 0 Å². The Labute approximate surface area is 113 Å². The Bertz CT molecular complexity index is 538. The second-order valence-electron chi connectivity index (χ2n) is 4.28. The summed E-state index contributed by atoms with van der Waals surface area (Å²) in [7, 11) is 0. The highest BCUT2D eigenvalue weighted by molar-refractivity contribution is 5.48. The van der Waals surface area contributed by atoms with Crippen LogP contribution in [0.2, 0.25) is 0 Å². The summed E-state index contributed by atoms with van der Waals surface area (Å²) in [6.45, 7) is 4.35. The van der Waals surface area contributed by atoms with Crippen LogP contribution in [0, 0.1) is 0 Å². The van der Waals surface area contributed by atoms with Gasteiger partial charge in [-0.2, -0.15) is 0 Å². The van der Waals surface area contributed by atoms with Gasteiger partial charge in [0.25, 0.3) is 0 Å². The van der Waals surface area contributed by atoms with Crippen LogP contribution < -0.4 is 10.5 Å². The van der Waals surface area contributed by atoms with Crippen molar-refractivity contribution < 1.29 is 4.74 Å². The maximum atomic E-state index is 5.81. The zero-order valence-electron chi connectivity index (χ0n) is 10.9. The Morgan fingerprint density at radius 2 is 2.16 bits per heavy atom. The largest absolute Gasteiger partial charge is 0.493 e. The van der Waals surface area contributed by atoms with Gasteiger partial charge >= 0.3 is 0 Å². The minimum Gasteiger partial charge on any atom is -0.493 e. The van der Waals surface area contributed by atoms with E-state index in [0.29, 0.717) is 6.61 Å². The van der Waals surface area contributed by atoms with Crippen LogP contribution in [0.5, 0.6) is 5.75 Å². The van der Waals surface area contributed by atoms with Crippen LogP contribution >= 0.6 is 0 Å². The second kappa shape index (κ2) is 6.59. The van der Waals surface area contributed by atoms with Gasteiger partial charge in [-0.1, -0.05) is 12.1 Å². The number of nitrogens with zero attached hydrogens (tertiary/aromatic N) is 1. The summed E-state index contributed by atoms with van der Waals surface area (Å²) in [6.07, 6.45) is 5.19. The normalized spacial score (nSPS) is 10.1. The summed E-state index contributed by atoms with van der Waals surface area (Å²) in [5, 5.41) is 0. The smallest absolute Gasteiger partial charge is 0.122 e. The first-order chi connectivity index (χ1) is 9.29. The molecule has 0 aliphatic carbocycles. The molecule has 1 aromatic heterocycles. The van der Waals surface area contributed by atoms with Crippen molar-refractivity contribution >= 4 is 5.69 Å². The summed E-state index contributed by atoms with van der Waals surface area (Å²) >= 11 is 0. The van der Waals surface area contributed by atoms with Crippen molar-refractivity contribution in [3.8, 4) is 5.75 Å². The fourth-order valence-corrected chi connectivity index (χ4v) is 1.87. The molecule has 0 amide bonds. The lowest BCUT2D eigenvalue weighted by Crippen LogP contribution is -2.04. The SMILES string of the molecule is C=CCc1cc(N)ccc1OCCc1ccccn1. The molecule has 0 atom stereocenters. The highest BCUT2D eigenvalue weighted by Gasteiger charge is 2.03.